The molecule has 1 N–H and O–H groups in total. The number of nitrogens with one attached hydrogen (secondary N) is 1. The van der Waals surface area contributed by atoms with Crippen LogP contribution in [0.4, 0.5) is 0 Å². The molecule has 2 rings (SSSR count). The Morgan fingerprint density at radius 3 is 2.62 bits per heavy atom. The summed E-state index contributed by atoms with van der Waals surface area (Å²) in [5.41, 5.74) is 0.623. The predicted octanol–water partition coefficient (Wildman–Crippen LogP) is 1.85. The fraction of sp³-hybridized carbons (Fsp3) is 0.500. The molecule has 0 bridgehead atoms. The summed E-state index contributed by atoms with van der Waals surface area (Å²) in [6.45, 7) is 1.66. The summed E-state index contributed by atoms with van der Waals surface area (Å²) in [6, 6.07) is 7.25. The average molecular weight is 375 g/mol. The number of hydrogen-bond donors (Lipinski definition) is 1. The quantitative estimate of drug-likeness (QED) is 0.874. The number of sulfonamides is 1. The fourth-order valence-electron chi connectivity index (χ4n) is 2.41. The zero-order valence-electron chi connectivity index (χ0n) is 11.9. The molecular weight excluding hydrogens is 356 g/mol. The van der Waals surface area contributed by atoms with Crippen molar-refractivity contribution in [2.24, 2.45) is 5.92 Å². The largest absolute Gasteiger partial charge is 0.352 e. The molecule has 116 valence electrons. The van der Waals surface area contributed by atoms with E-state index in [1.165, 1.54) is 10.6 Å². The Bertz CT molecular complexity index is 610. The first kappa shape index (κ1) is 16.5. The molecule has 1 aliphatic rings. The third-order valence-electron chi connectivity index (χ3n) is 3.68. The molecule has 1 aliphatic heterocycles. The van der Waals surface area contributed by atoms with Gasteiger partial charge in [-0.15, -0.1) is 0 Å². The minimum absolute atomic E-state index is 0.0955. The SMILES string of the molecule is CS(=O)(=O)N1CCC(CNC(=O)c2cccc(Br)c2)CC1. The molecule has 0 aliphatic carbocycles. The van der Waals surface area contributed by atoms with Crippen molar-refractivity contribution in [1.29, 1.82) is 0 Å². The highest BCUT2D eigenvalue weighted by molar-refractivity contribution is 9.10. The van der Waals surface area contributed by atoms with Crippen LogP contribution in [0.15, 0.2) is 28.7 Å². The van der Waals surface area contributed by atoms with Crippen molar-refractivity contribution in [1.82, 2.24) is 9.62 Å². The number of rotatable bonds is 4. The number of carbonyl (C=O) groups excluding carboxylic acids is 1. The van der Waals surface area contributed by atoms with Gasteiger partial charge in [0.05, 0.1) is 6.26 Å². The van der Waals surface area contributed by atoms with E-state index in [1.54, 1.807) is 12.1 Å². The number of benzene rings is 1. The van der Waals surface area contributed by atoms with E-state index in [4.69, 9.17) is 0 Å². The summed E-state index contributed by atoms with van der Waals surface area (Å²) in [6.07, 6.45) is 2.81. The summed E-state index contributed by atoms with van der Waals surface area (Å²) in [5, 5.41) is 2.92. The molecule has 21 heavy (non-hydrogen) atoms. The van der Waals surface area contributed by atoms with Crippen LogP contribution in [0, 0.1) is 5.92 Å². The van der Waals surface area contributed by atoms with E-state index in [0.29, 0.717) is 31.1 Å². The molecule has 1 aromatic rings. The van der Waals surface area contributed by atoms with E-state index in [9.17, 15) is 13.2 Å². The third-order valence-corrected chi connectivity index (χ3v) is 5.48. The van der Waals surface area contributed by atoms with Gasteiger partial charge in [-0.25, -0.2) is 12.7 Å². The van der Waals surface area contributed by atoms with Crippen LogP contribution in [0.3, 0.4) is 0 Å². The highest BCUT2D eigenvalue weighted by Gasteiger charge is 2.25. The number of amides is 1. The maximum Gasteiger partial charge on any atom is 0.251 e. The lowest BCUT2D eigenvalue weighted by molar-refractivity contribution is 0.0941. The van der Waals surface area contributed by atoms with Crippen molar-refractivity contribution in [2.75, 3.05) is 25.9 Å². The monoisotopic (exact) mass is 374 g/mol. The normalized spacial score (nSPS) is 17.6. The predicted molar refractivity (Wildman–Crippen MR) is 85.6 cm³/mol. The molecule has 1 amide bonds. The lowest BCUT2D eigenvalue weighted by Gasteiger charge is -2.30. The Kier molecular flexibility index (Phi) is 5.40. The number of piperidine rings is 1. The standard InChI is InChI=1S/C14H19BrN2O3S/c1-21(19,20)17-7-5-11(6-8-17)10-16-14(18)12-3-2-4-13(15)9-12/h2-4,9,11H,5-8,10H2,1H3,(H,16,18). The molecule has 0 saturated carbocycles. The van der Waals surface area contributed by atoms with Gasteiger partial charge in [0.1, 0.15) is 0 Å². The maximum atomic E-state index is 12.0. The summed E-state index contributed by atoms with van der Waals surface area (Å²) >= 11 is 3.34. The number of carbonyl (C=O) groups is 1. The van der Waals surface area contributed by atoms with Gasteiger partial charge in [0.2, 0.25) is 10.0 Å². The summed E-state index contributed by atoms with van der Waals surface area (Å²) < 4.78 is 25.2. The first-order chi connectivity index (χ1) is 9.86. The topological polar surface area (TPSA) is 66.5 Å². The number of nitrogens with zero attached hydrogens (tertiary/aromatic N) is 1. The Balaban J connectivity index is 1.81. The van der Waals surface area contributed by atoms with Crippen LogP contribution in [0.2, 0.25) is 0 Å². The van der Waals surface area contributed by atoms with Crippen molar-refractivity contribution >= 4 is 31.9 Å². The lowest BCUT2D eigenvalue weighted by Crippen LogP contribution is -2.41. The second-order valence-corrected chi connectivity index (χ2v) is 8.22. The molecule has 1 fully saturated rings. The second kappa shape index (κ2) is 6.89. The molecule has 5 nitrogen and oxygen atoms in total. The van der Waals surface area contributed by atoms with Gasteiger partial charge in [-0.05, 0) is 37.0 Å². The molecule has 0 spiro atoms. The lowest BCUT2D eigenvalue weighted by atomic mass is 9.98. The van der Waals surface area contributed by atoms with Gasteiger partial charge in [0.15, 0.2) is 0 Å². The van der Waals surface area contributed by atoms with Gasteiger partial charge in [-0.3, -0.25) is 4.79 Å². The van der Waals surface area contributed by atoms with E-state index in [0.717, 1.165) is 17.3 Å². The van der Waals surface area contributed by atoms with Gasteiger partial charge in [-0.1, -0.05) is 22.0 Å². The van der Waals surface area contributed by atoms with Gasteiger partial charge in [0, 0.05) is 29.7 Å². The van der Waals surface area contributed by atoms with E-state index < -0.39 is 10.0 Å². The molecular formula is C14H19BrN2O3S. The first-order valence-corrected chi connectivity index (χ1v) is 9.49. The Hall–Kier alpha value is -0.920. The van der Waals surface area contributed by atoms with Crippen LogP contribution in [0.1, 0.15) is 23.2 Å². The molecule has 1 saturated heterocycles. The Morgan fingerprint density at radius 1 is 1.38 bits per heavy atom. The minimum Gasteiger partial charge on any atom is -0.352 e. The Morgan fingerprint density at radius 2 is 2.05 bits per heavy atom. The average Bonchev–Trinajstić information content (AvgIpc) is 2.44. The zero-order valence-corrected chi connectivity index (χ0v) is 14.3. The van der Waals surface area contributed by atoms with Crippen LogP contribution in [-0.4, -0.2) is 44.5 Å². The molecule has 7 heteroatoms. The molecule has 1 heterocycles. The van der Waals surface area contributed by atoms with Gasteiger partial charge in [-0.2, -0.15) is 0 Å². The zero-order chi connectivity index (χ0) is 15.5. The van der Waals surface area contributed by atoms with Crippen LogP contribution >= 0.6 is 15.9 Å². The van der Waals surface area contributed by atoms with E-state index in [-0.39, 0.29) is 5.91 Å². The summed E-state index contributed by atoms with van der Waals surface area (Å²) in [5.74, 6) is 0.237. The van der Waals surface area contributed by atoms with Gasteiger partial charge in [0.25, 0.3) is 5.91 Å². The van der Waals surface area contributed by atoms with Crippen LogP contribution in [-0.2, 0) is 10.0 Å². The highest BCUT2D eigenvalue weighted by Crippen LogP contribution is 2.18. The van der Waals surface area contributed by atoms with Crippen molar-refractivity contribution < 1.29 is 13.2 Å². The maximum absolute atomic E-state index is 12.0. The van der Waals surface area contributed by atoms with E-state index >= 15 is 0 Å². The number of halogens is 1. The van der Waals surface area contributed by atoms with Crippen molar-refractivity contribution in [2.45, 2.75) is 12.8 Å². The third kappa shape index (κ3) is 4.79. The fourth-order valence-corrected chi connectivity index (χ4v) is 3.69. The summed E-state index contributed by atoms with van der Waals surface area (Å²) in [4.78, 5) is 12.0. The minimum atomic E-state index is -3.09. The molecule has 1 aromatic carbocycles. The molecule has 0 radical (unpaired) electrons. The molecule has 0 atom stereocenters. The Labute approximate surface area is 133 Å². The smallest absolute Gasteiger partial charge is 0.251 e. The van der Waals surface area contributed by atoms with Crippen LogP contribution < -0.4 is 5.32 Å². The van der Waals surface area contributed by atoms with Crippen LogP contribution in [0.25, 0.3) is 0 Å². The van der Waals surface area contributed by atoms with Gasteiger partial charge < -0.3 is 5.32 Å². The summed E-state index contributed by atoms with van der Waals surface area (Å²) in [7, 11) is -3.09. The van der Waals surface area contributed by atoms with Crippen molar-refractivity contribution in [3.63, 3.8) is 0 Å². The van der Waals surface area contributed by atoms with Crippen LogP contribution in [0.5, 0.6) is 0 Å². The van der Waals surface area contributed by atoms with E-state index in [2.05, 4.69) is 21.2 Å². The number of hydrogen-bond acceptors (Lipinski definition) is 3. The van der Waals surface area contributed by atoms with E-state index in [1.807, 2.05) is 12.1 Å². The van der Waals surface area contributed by atoms with Crippen molar-refractivity contribution in [3.05, 3.63) is 34.3 Å². The first-order valence-electron chi connectivity index (χ1n) is 6.85. The molecule has 0 unspecified atom stereocenters. The van der Waals surface area contributed by atoms with Gasteiger partial charge >= 0.3 is 0 Å². The molecule has 0 aromatic heterocycles. The van der Waals surface area contributed by atoms with Crippen molar-refractivity contribution in [3.8, 4) is 0 Å². The second-order valence-electron chi connectivity index (χ2n) is 5.33. The highest BCUT2D eigenvalue weighted by atomic mass is 79.9.